The molecule has 1 aromatic rings. The molecule has 3 nitrogen and oxygen atoms in total. The second kappa shape index (κ2) is 8.64. The highest BCUT2D eigenvalue weighted by Crippen LogP contribution is 2.17. The zero-order valence-electron chi connectivity index (χ0n) is 12.0. The van der Waals surface area contributed by atoms with Gasteiger partial charge in [0.25, 0.3) is 0 Å². The van der Waals surface area contributed by atoms with Crippen LogP contribution in [-0.4, -0.2) is 44.3 Å². The lowest BCUT2D eigenvalue weighted by molar-refractivity contribution is 0.103. The van der Waals surface area contributed by atoms with Crippen molar-refractivity contribution in [3.63, 3.8) is 0 Å². The first-order valence-electron chi connectivity index (χ1n) is 6.68. The third-order valence-electron chi connectivity index (χ3n) is 3.26. The van der Waals surface area contributed by atoms with E-state index in [4.69, 9.17) is 4.74 Å². The molecule has 1 N–H and O–H groups in total. The van der Waals surface area contributed by atoms with E-state index in [0.717, 1.165) is 26.2 Å². The standard InChI is InChI=1S/C14H26N2OS/c1-5-16(12(2)11-17-4)9-8-15-13(3)14-7-6-10-18-14/h6-7,10,12-13,15H,5,8-9,11H2,1-4H3. The molecule has 0 radical (unpaired) electrons. The summed E-state index contributed by atoms with van der Waals surface area (Å²) < 4.78 is 5.21. The van der Waals surface area contributed by atoms with Crippen molar-refractivity contribution in [1.82, 2.24) is 10.2 Å². The zero-order valence-corrected chi connectivity index (χ0v) is 12.8. The van der Waals surface area contributed by atoms with Gasteiger partial charge in [-0.25, -0.2) is 0 Å². The van der Waals surface area contributed by atoms with Crippen LogP contribution in [0.5, 0.6) is 0 Å². The van der Waals surface area contributed by atoms with Crippen LogP contribution < -0.4 is 5.32 Å². The fourth-order valence-electron chi connectivity index (χ4n) is 2.10. The van der Waals surface area contributed by atoms with Crippen molar-refractivity contribution < 1.29 is 4.74 Å². The highest BCUT2D eigenvalue weighted by atomic mass is 32.1. The largest absolute Gasteiger partial charge is 0.383 e. The first kappa shape index (κ1) is 15.6. The predicted molar refractivity (Wildman–Crippen MR) is 79.3 cm³/mol. The summed E-state index contributed by atoms with van der Waals surface area (Å²) >= 11 is 1.81. The van der Waals surface area contributed by atoms with Crippen LogP contribution in [0.1, 0.15) is 31.7 Å². The number of ether oxygens (including phenoxy) is 1. The molecular formula is C14H26N2OS. The minimum Gasteiger partial charge on any atom is -0.383 e. The van der Waals surface area contributed by atoms with Gasteiger partial charge in [0.15, 0.2) is 0 Å². The fourth-order valence-corrected chi connectivity index (χ4v) is 2.86. The van der Waals surface area contributed by atoms with Crippen molar-refractivity contribution in [3.05, 3.63) is 22.4 Å². The van der Waals surface area contributed by atoms with Gasteiger partial charge in [-0.2, -0.15) is 0 Å². The van der Waals surface area contributed by atoms with Crippen LogP contribution in [0.3, 0.4) is 0 Å². The normalized spacial score (nSPS) is 14.9. The summed E-state index contributed by atoms with van der Waals surface area (Å²) in [6.07, 6.45) is 0. The van der Waals surface area contributed by atoms with Gasteiger partial charge in [0.1, 0.15) is 0 Å². The van der Waals surface area contributed by atoms with E-state index in [1.54, 1.807) is 7.11 Å². The van der Waals surface area contributed by atoms with Crippen LogP contribution in [0.2, 0.25) is 0 Å². The van der Waals surface area contributed by atoms with Crippen molar-refractivity contribution >= 4 is 11.3 Å². The van der Waals surface area contributed by atoms with E-state index >= 15 is 0 Å². The SMILES string of the molecule is CCN(CCNC(C)c1cccs1)C(C)COC. The quantitative estimate of drug-likeness (QED) is 0.747. The summed E-state index contributed by atoms with van der Waals surface area (Å²) in [6, 6.07) is 5.23. The number of nitrogens with zero attached hydrogens (tertiary/aromatic N) is 1. The lowest BCUT2D eigenvalue weighted by Crippen LogP contribution is -2.40. The molecule has 0 aliphatic rings. The van der Waals surface area contributed by atoms with E-state index in [1.807, 2.05) is 11.3 Å². The second-order valence-electron chi connectivity index (χ2n) is 4.62. The van der Waals surface area contributed by atoms with Gasteiger partial charge < -0.3 is 10.1 Å². The Kier molecular flexibility index (Phi) is 7.51. The maximum Gasteiger partial charge on any atom is 0.0615 e. The molecule has 0 amide bonds. The first-order valence-corrected chi connectivity index (χ1v) is 7.56. The topological polar surface area (TPSA) is 24.5 Å². The molecule has 1 aromatic heterocycles. The Labute approximate surface area is 115 Å². The van der Waals surface area contributed by atoms with Gasteiger partial charge in [-0.05, 0) is 31.8 Å². The monoisotopic (exact) mass is 270 g/mol. The Morgan fingerprint density at radius 2 is 2.22 bits per heavy atom. The maximum atomic E-state index is 5.21. The van der Waals surface area contributed by atoms with E-state index in [-0.39, 0.29) is 0 Å². The number of likely N-dealkylation sites (N-methyl/N-ethyl adjacent to an activating group) is 1. The van der Waals surface area contributed by atoms with Gasteiger partial charge in [0, 0.05) is 37.2 Å². The van der Waals surface area contributed by atoms with E-state index in [0.29, 0.717) is 12.1 Å². The molecule has 1 heterocycles. The van der Waals surface area contributed by atoms with E-state index in [9.17, 15) is 0 Å². The number of rotatable bonds is 9. The average Bonchev–Trinajstić information content (AvgIpc) is 2.88. The number of thiophene rings is 1. The van der Waals surface area contributed by atoms with Crippen LogP contribution in [-0.2, 0) is 4.74 Å². The molecule has 0 aliphatic carbocycles. The van der Waals surface area contributed by atoms with Crippen LogP contribution in [0.25, 0.3) is 0 Å². The third kappa shape index (κ3) is 5.06. The number of nitrogens with one attached hydrogen (secondary N) is 1. The van der Waals surface area contributed by atoms with Crippen LogP contribution in [0.15, 0.2) is 17.5 Å². The number of hydrogen-bond acceptors (Lipinski definition) is 4. The predicted octanol–water partition coefficient (Wildman–Crippen LogP) is 2.76. The minimum atomic E-state index is 0.446. The Bertz CT molecular complexity index is 303. The second-order valence-corrected chi connectivity index (χ2v) is 5.60. The molecule has 0 fully saturated rings. The van der Waals surface area contributed by atoms with Gasteiger partial charge in [0.05, 0.1) is 6.61 Å². The van der Waals surface area contributed by atoms with E-state index in [2.05, 4.69) is 48.5 Å². The Morgan fingerprint density at radius 1 is 1.44 bits per heavy atom. The van der Waals surface area contributed by atoms with E-state index in [1.165, 1.54) is 4.88 Å². The lowest BCUT2D eigenvalue weighted by atomic mass is 10.2. The van der Waals surface area contributed by atoms with E-state index < -0.39 is 0 Å². The molecule has 18 heavy (non-hydrogen) atoms. The summed E-state index contributed by atoms with van der Waals surface area (Å²) in [6.45, 7) is 10.6. The molecule has 0 spiro atoms. The molecule has 2 unspecified atom stereocenters. The summed E-state index contributed by atoms with van der Waals surface area (Å²) in [5.74, 6) is 0. The van der Waals surface area contributed by atoms with Crippen molar-refractivity contribution in [3.8, 4) is 0 Å². The zero-order chi connectivity index (χ0) is 13.4. The summed E-state index contributed by atoms with van der Waals surface area (Å²) in [5.41, 5.74) is 0. The highest BCUT2D eigenvalue weighted by Gasteiger charge is 2.12. The summed E-state index contributed by atoms with van der Waals surface area (Å²) in [4.78, 5) is 3.85. The van der Waals surface area contributed by atoms with Crippen molar-refractivity contribution in [2.45, 2.75) is 32.9 Å². The van der Waals surface area contributed by atoms with Crippen LogP contribution in [0.4, 0.5) is 0 Å². The molecule has 0 bridgehead atoms. The Balaban J connectivity index is 2.26. The highest BCUT2D eigenvalue weighted by molar-refractivity contribution is 7.10. The molecule has 1 rings (SSSR count). The molecule has 4 heteroatoms. The first-order chi connectivity index (χ1) is 8.69. The molecule has 0 saturated heterocycles. The minimum absolute atomic E-state index is 0.446. The van der Waals surface area contributed by atoms with Gasteiger partial charge in [0.2, 0.25) is 0 Å². The van der Waals surface area contributed by atoms with Crippen LogP contribution >= 0.6 is 11.3 Å². The number of methoxy groups -OCH3 is 1. The fraction of sp³-hybridized carbons (Fsp3) is 0.714. The third-order valence-corrected chi connectivity index (χ3v) is 4.31. The molecule has 0 aromatic carbocycles. The molecule has 0 aliphatic heterocycles. The van der Waals surface area contributed by atoms with Crippen molar-refractivity contribution in [2.24, 2.45) is 0 Å². The smallest absolute Gasteiger partial charge is 0.0615 e. The molecular weight excluding hydrogens is 244 g/mol. The molecule has 104 valence electrons. The number of hydrogen-bond donors (Lipinski definition) is 1. The lowest BCUT2D eigenvalue weighted by Gasteiger charge is -2.27. The van der Waals surface area contributed by atoms with Gasteiger partial charge >= 0.3 is 0 Å². The van der Waals surface area contributed by atoms with Crippen molar-refractivity contribution in [1.29, 1.82) is 0 Å². The van der Waals surface area contributed by atoms with Gasteiger partial charge in [-0.1, -0.05) is 13.0 Å². The maximum absolute atomic E-state index is 5.21. The average molecular weight is 270 g/mol. The summed E-state index contributed by atoms with van der Waals surface area (Å²) in [5, 5.41) is 5.71. The molecule has 0 saturated carbocycles. The van der Waals surface area contributed by atoms with Gasteiger partial charge in [-0.15, -0.1) is 11.3 Å². The summed E-state index contributed by atoms with van der Waals surface area (Å²) in [7, 11) is 1.77. The Hall–Kier alpha value is -0.420. The Morgan fingerprint density at radius 3 is 2.78 bits per heavy atom. The van der Waals surface area contributed by atoms with Gasteiger partial charge in [-0.3, -0.25) is 4.90 Å². The van der Waals surface area contributed by atoms with Crippen molar-refractivity contribution in [2.75, 3.05) is 33.4 Å². The van der Waals surface area contributed by atoms with Crippen LogP contribution in [0, 0.1) is 0 Å². The molecule has 2 atom stereocenters.